The van der Waals surface area contributed by atoms with Crippen LogP contribution >= 0.6 is 0 Å². The zero-order valence-corrected chi connectivity index (χ0v) is 14.4. The zero-order valence-electron chi connectivity index (χ0n) is 14.4. The van der Waals surface area contributed by atoms with Crippen LogP contribution in [0.25, 0.3) is 0 Å². The maximum Gasteiger partial charge on any atom is 0.329 e. The number of carbonyl (C=O) groups is 1. The molecule has 0 aliphatic heterocycles. The molecule has 0 saturated heterocycles. The predicted octanol–water partition coefficient (Wildman–Crippen LogP) is 2.76. The second-order valence-electron chi connectivity index (χ2n) is 5.68. The summed E-state index contributed by atoms with van der Waals surface area (Å²) in [5, 5.41) is 8.39. The molecule has 6 heteroatoms. The van der Waals surface area contributed by atoms with E-state index in [-0.39, 0.29) is 12.6 Å². The maximum atomic E-state index is 10.2. The minimum Gasteiger partial charge on any atom is -0.494 e. The van der Waals surface area contributed by atoms with Crippen molar-refractivity contribution in [1.82, 2.24) is 0 Å². The number of rotatable bonds is 14. The standard InChI is InChI=1S/C18H29NO5/c1-15(19)16-6-8-17(9-7-16)24-13-4-2-3-10-22-11-5-12-23-14-18(20)21/h6-9,15H,2-5,10-14,19H2,1H3,(H,20,21). The van der Waals surface area contributed by atoms with Crippen molar-refractivity contribution < 1.29 is 24.1 Å². The van der Waals surface area contributed by atoms with Crippen molar-refractivity contribution >= 4 is 5.97 Å². The average molecular weight is 339 g/mol. The molecule has 0 fully saturated rings. The Hall–Kier alpha value is -1.63. The predicted molar refractivity (Wildman–Crippen MR) is 92.3 cm³/mol. The number of carboxylic acids is 1. The third kappa shape index (κ3) is 10.2. The van der Waals surface area contributed by atoms with Crippen LogP contribution in [0, 0.1) is 0 Å². The summed E-state index contributed by atoms with van der Waals surface area (Å²) in [6.45, 7) is 4.14. The largest absolute Gasteiger partial charge is 0.494 e. The van der Waals surface area contributed by atoms with Gasteiger partial charge in [-0.1, -0.05) is 12.1 Å². The molecule has 0 aliphatic rings. The van der Waals surface area contributed by atoms with Crippen LogP contribution in [-0.2, 0) is 14.3 Å². The fourth-order valence-electron chi connectivity index (χ4n) is 2.07. The van der Waals surface area contributed by atoms with Gasteiger partial charge in [0.15, 0.2) is 0 Å². The summed E-state index contributed by atoms with van der Waals surface area (Å²) in [7, 11) is 0. The Balaban J connectivity index is 1.89. The first-order valence-corrected chi connectivity index (χ1v) is 8.45. The number of unbranched alkanes of at least 4 members (excludes halogenated alkanes) is 2. The van der Waals surface area contributed by atoms with Crippen LogP contribution in [0.5, 0.6) is 5.75 Å². The van der Waals surface area contributed by atoms with E-state index in [1.807, 2.05) is 31.2 Å². The van der Waals surface area contributed by atoms with Gasteiger partial charge in [-0.3, -0.25) is 0 Å². The van der Waals surface area contributed by atoms with E-state index >= 15 is 0 Å². The molecule has 1 aromatic carbocycles. The highest BCUT2D eigenvalue weighted by Gasteiger charge is 2.00. The summed E-state index contributed by atoms with van der Waals surface area (Å²) in [6, 6.07) is 7.94. The number of nitrogens with two attached hydrogens (primary N) is 1. The molecule has 0 aromatic heterocycles. The van der Waals surface area contributed by atoms with Gasteiger partial charge in [0.1, 0.15) is 12.4 Å². The third-order valence-electron chi connectivity index (χ3n) is 3.41. The normalized spacial score (nSPS) is 12.1. The highest BCUT2D eigenvalue weighted by Crippen LogP contribution is 2.16. The summed E-state index contributed by atoms with van der Waals surface area (Å²) in [5.74, 6) is -0.0694. The van der Waals surface area contributed by atoms with Crippen LogP contribution < -0.4 is 10.5 Å². The van der Waals surface area contributed by atoms with Crippen LogP contribution in [-0.4, -0.2) is 44.1 Å². The molecule has 6 nitrogen and oxygen atoms in total. The van der Waals surface area contributed by atoms with E-state index in [1.54, 1.807) is 0 Å². The molecule has 0 aliphatic carbocycles. The van der Waals surface area contributed by atoms with Gasteiger partial charge in [0.05, 0.1) is 6.61 Å². The lowest BCUT2D eigenvalue weighted by Gasteiger charge is -2.09. The van der Waals surface area contributed by atoms with Crippen molar-refractivity contribution in [2.45, 2.75) is 38.6 Å². The Labute approximate surface area is 143 Å². The Bertz CT molecular complexity index is 447. The Morgan fingerprint density at radius 1 is 1.00 bits per heavy atom. The molecule has 1 unspecified atom stereocenters. The van der Waals surface area contributed by atoms with Gasteiger partial charge in [-0.25, -0.2) is 4.79 Å². The first kappa shape index (κ1) is 20.4. The topological polar surface area (TPSA) is 91.0 Å². The Morgan fingerprint density at radius 3 is 2.29 bits per heavy atom. The fraction of sp³-hybridized carbons (Fsp3) is 0.611. The summed E-state index contributed by atoms with van der Waals surface area (Å²) in [4.78, 5) is 10.2. The highest BCUT2D eigenvalue weighted by molar-refractivity contribution is 5.67. The van der Waals surface area contributed by atoms with Crippen LogP contribution in [0.4, 0.5) is 0 Å². The summed E-state index contributed by atoms with van der Waals surface area (Å²) in [6.07, 6.45) is 3.74. The molecule has 1 rings (SSSR count). The quantitative estimate of drug-likeness (QED) is 0.507. The van der Waals surface area contributed by atoms with Crippen LogP contribution in [0.2, 0.25) is 0 Å². The molecular formula is C18H29NO5. The van der Waals surface area contributed by atoms with E-state index in [0.717, 1.165) is 30.6 Å². The molecule has 1 atom stereocenters. The van der Waals surface area contributed by atoms with Crippen molar-refractivity contribution in [3.8, 4) is 5.75 Å². The van der Waals surface area contributed by atoms with E-state index in [9.17, 15) is 4.79 Å². The van der Waals surface area contributed by atoms with E-state index in [1.165, 1.54) is 0 Å². The zero-order chi connectivity index (χ0) is 17.6. The third-order valence-corrected chi connectivity index (χ3v) is 3.41. The molecule has 0 bridgehead atoms. The van der Waals surface area contributed by atoms with Crippen molar-refractivity contribution in [2.24, 2.45) is 5.73 Å². The number of benzene rings is 1. The number of hydrogen-bond acceptors (Lipinski definition) is 5. The number of hydrogen-bond donors (Lipinski definition) is 2. The lowest BCUT2D eigenvalue weighted by molar-refractivity contribution is -0.142. The molecule has 24 heavy (non-hydrogen) atoms. The second-order valence-corrected chi connectivity index (χ2v) is 5.68. The van der Waals surface area contributed by atoms with Crippen LogP contribution in [0.3, 0.4) is 0 Å². The van der Waals surface area contributed by atoms with E-state index < -0.39 is 5.97 Å². The summed E-state index contributed by atoms with van der Waals surface area (Å²) >= 11 is 0. The van der Waals surface area contributed by atoms with Gasteiger partial charge in [0.2, 0.25) is 0 Å². The van der Waals surface area contributed by atoms with Crippen molar-refractivity contribution in [2.75, 3.05) is 33.0 Å². The van der Waals surface area contributed by atoms with Gasteiger partial charge in [0, 0.05) is 25.9 Å². The van der Waals surface area contributed by atoms with E-state index in [2.05, 4.69) is 0 Å². The molecule has 0 saturated carbocycles. The van der Waals surface area contributed by atoms with E-state index in [0.29, 0.717) is 32.8 Å². The van der Waals surface area contributed by atoms with Gasteiger partial charge in [-0.2, -0.15) is 0 Å². The monoisotopic (exact) mass is 339 g/mol. The molecule has 0 amide bonds. The average Bonchev–Trinajstić information content (AvgIpc) is 2.56. The van der Waals surface area contributed by atoms with Crippen LogP contribution in [0.15, 0.2) is 24.3 Å². The Kier molecular flexibility index (Phi) is 10.8. The molecule has 3 N–H and O–H groups in total. The lowest BCUT2D eigenvalue weighted by Crippen LogP contribution is -2.09. The van der Waals surface area contributed by atoms with Gasteiger partial charge >= 0.3 is 5.97 Å². The molecule has 136 valence electrons. The molecular weight excluding hydrogens is 310 g/mol. The highest BCUT2D eigenvalue weighted by atomic mass is 16.5. The molecule has 0 heterocycles. The van der Waals surface area contributed by atoms with Gasteiger partial charge in [-0.05, 0) is 50.3 Å². The molecule has 0 spiro atoms. The van der Waals surface area contributed by atoms with Crippen molar-refractivity contribution in [3.63, 3.8) is 0 Å². The number of carboxylic acid groups (broad SMARTS) is 1. The van der Waals surface area contributed by atoms with Gasteiger partial charge in [-0.15, -0.1) is 0 Å². The lowest BCUT2D eigenvalue weighted by atomic mass is 10.1. The van der Waals surface area contributed by atoms with Gasteiger partial charge < -0.3 is 25.1 Å². The summed E-state index contributed by atoms with van der Waals surface area (Å²) < 4.78 is 16.1. The smallest absolute Gasteiger partial charge is 0.329 e. The fourth-order valence-corrected chi connectivity index (χ4v) is 2.07. The minimum atomic E-state index is -0.942. The maximum absolute atomic E-state index is 10.2. The second kappa shape index (κ2) is 12.8. The molecule has 0 radical (unpaired) electrons. The van der Waals surface area contributed by atoms with Crippen molar-refractivity contribution in [1.29, 1.82) is 0 Å². The molecule has 1 aromatic rings. The first-order chi connectivity index (χ1) is 11.6. The summed E-state index contributed by atoms with van der Waals surface area (Å²) in [5.41, 5.74) is 6.91. The number of ether oxygens (including phenoxy) is 3. The van der Waals surface area contributed by atoms with Crippen molar-refractivity contribution in [3.05, 3.63) is 29.8 Å². The van der Waals surface area contributed by atoms with Gasteiger partial charge in [0.25, 0.3) is 0 Å². The minimum absolute atomic E-state index is 0.0442. The number of aliphatic carboxylic acids is 1. The SMILES string of the molecule is CC(N)c1ccc(OCCCCCOCCCOCC(=O)O)cc1. The van der Waals surface area contributed by atoms with E-state index in [4.69, 9.17) is 25.1 Å². The van der Waals surface area contributed by atoms with Crippen LogP contribution in [0.1, 0.15) is 44.2 Å². The first-order valence-electron chi connectivity index (χ1n) is 8.45. The Morgan fingerprint density at radius 2 is 1.62 bits per heavy atom.